The number of fused-ring (bicyclic) bond motifs is 1. The van der Waals surface area contributed by atoms with Crippen molar-refractivity contribution >= 4 is 17.5 Å². The van der Waals surface area contributed by atoms with E-state index in [1.54, 1.807) is 19.5 Å². The Morgan fingerprint density at radius 1 is 1.29 bits per heavy atom. The third-order valence-electron chi connectivity index (χ3n) is 4.94. The van der Waals surface area contributed by atoms with E-state index >= 15 is 0 Å². The Balaban J connectivity index is 1.60. The molecule has 6 nitrogen and oxygen atoms in total. The van der Waals surface area contributed by atoms with Gasteiger partial charge in [-0.2, -0.15) is 5.10 Å². The molecular weight excluding hydrogens is 376 g/mol. The van der Waals surface area contributed by atoms with E-state index in [0.717, 1.165) is 28.9 Å². The summed E-state index contributed by atoms with van der Waals surface area (Å²) in [6.45, 7) is 1.55. The van der Waals surface area contributed by atoms with Crippen LogP contribution in [0.4, 0.5) is 0 Å². The van der Waals surface area contributed by atoms with Gasteiger partial charge in [-0.15, -0.1) is 0 Å². The van der Waals surface area contributed by atoms with Gasteiger partial charge in [-0.05, 0) is 30.2 Å². The molecule has 0 saturated carbocycles. The molecule has 1 aliphatic rings. The molecule has 28 heavy (non-hydrogen) atoms. The van der Waals surface area contributed by atoms with Crippen molar-refractivity contribution in [2.45, 2.75) is 19.6 Å². The molecule has 144 valence electrons. The summed E-state index contributed by atoms with van der Waals surface area (Å²) in [6.07, 6.45) is 4.07. The molecule has 0 aliphatic carbocycles. The van der Waals surface area contributed by atoms with E-state index in [9.17, 15) is 4.79 Å². The number of carbonyl (C=O) groups is 1. The van der Waals surface area contributed by atoms with E-state index in [1.165, 1.54) is 5.56 Å². The van der Waals surface area contributed by atoms with Crippen molar-refractivity contribution in [2.24, 2.45) is 7.05 Å². The first-order valence-electron chi connectivity index (χ1n) is 9.09. The van der Waals surface area contributed by atoms with Gasteiger partial charge in [0.15, 0.2) is 0 Å². The Labute approximate surface area is 168 Å². The maximum Gasteiger partial charge on any atom is 0.255 e. The second-order valence-corrected chi connectivity index (χ2v) is 7.34. The molecule has 7 heteroatoms. The SMILES string of the molecule is COCc1cncc(C(=O)N2CCc3c(nn(C)c3-c3cccc(Cl)c3)C2)c1. The van der Waals surface area contributed by atoms with Crippen molar-refractivity contribution < 1.29 is 9.53 Å². The summed E-state index contributed by atoms with van der Waals surface area (Å²) in [6, 6.07) is 9.62. The second-order valence-electron chi connectivity index (χ2n) is 6.90. The van der Waals surface area contributed by atoms with Crippen molar-refractivity contribution in [1.82, 2.24) is 19.7 Å². The first-order valence-corrected chi connectivity index (χ1v) is 9.47. The zero-order chi connectivity index (χ0) is 19.7. The van der Waals surface area contributed by atoms with Crippen LogP contribution in [-0.4, -0.2) is 39.2 Å². The number of aryl methyl sites for hydroxylation is 1. The van der Waals surface area contributed by atoms with E-state index in [-0.39, 0.29) is 5.91 Å². The number of pyridine rings is 1. The van der Waals surface area contributed by atoms with Gasteiger partial charge in [-0.25, -0.2) is 0 Å². The third kappa shape index (κ3) is 3.53. The molecule has 0 spiro atoms. The zero-order valence-corrected chi connectivity index (χ0v) is 16.6. The second kappa shape index (κ2) is 7.73. The largest absolute Gasteiger partial charge is 0.380 e. The minimum atomic E-state index is -0.0361. The van der Waals surface area contributed by atoms with E-state index in [2.05, 4.69) is 10.1 Å². The fourth-order valence-electron chi connectivity index (χ4n) is 3.72. The maximum absolute atomic E-state index is 13.0. The topological polar surface area (TPSA) is 60.2 Å². The lowest BCUT2D eigenvalue weighted by Gasteiger charge is -2.26. The summed E-state index contributed by atoms with van der Waals surface area (Å²) in [5.74, 6) is -0.0361. The fraction of sp³-hybridized carbons (Fsp3) is 0.286. The summed E-state index contributed by atoms with van der Waals surface area (Å²) < 4.78 is 7.01. The van der Waals surface area contributed by atoms with Crippen molar-refractivity contribution in [3.8, 4) is 11.3 Å². The molecule has 4 rings (SSSR count). The highest BCUT2D eigenvalue weighted by Crippen LogP contribution is 2.31. The van der Waals surface area contributed by atoms with Gasteiger partial charge in [0.1, 0.15) is 0 Å². The lowest BCUT2D eigenvalue weighted by Crippen LogP contribution is -2.36. The molecule has 3 heterocycles. The van der Waals surface area contributed by atoms with Gasteiger partial charge < -0.3 is 9.64 Å². The molecule has 0 bridgehead atoms. The summed E-state index contributed by atoms with van der Waals surface area (Å²) in [5.41, 5.74) is 5.67. The molecular formula is C21H21ClN4O2. The summed E-state index contributed by atoms with van der Waals surface area (Å²) in [5, 5.41) is 5.37. The van der Waals surface area contributed by atoms with Crippen LogP contribution < -0.4 is 0 Å². The molecule has 2 aromatic heterocycles. The van der Waals surface area contributed by atoms with Gasteiger partial charge in [0.25, 0.3) is 5.91 Å². The van der Waals surface area contributed by atoms with E-state index in [4.69, 9.17) is 16.3 Å². The van der Waals surface area contributed by atoms with Crippen molar-refractivity contribution in [1.29, 1.82) is 0 Å². The monoisotopic (exact) mass is 396 g/mol. The normalized spacial score (nSPS) is 13.5. The molecule has 1 amide bonds. The molecule has 0 saturated heterocycles. The molecule has 0 unspecified atom stereocenters. The Morgan fingerprint density at radius 3 is 2.93 bits per heavy atom. The standard InChI is InChI=1S/C21H21ClN4O2/c1-25-20(15-4-3-5-17(22)9-15)18-6-7-26(12-19(18)24-25)21(27)16-8-14(13-28-2)10-23-11-16/h3-5,8-11H,6-7,12-13H2,1-2H3. The number of hydrogen-bond donors (Lipinski definition) is 0. The molecule has 1 aromatic carbocycles. The quantitative estimate of drug-likeness (QED) is 0.677. The number of nitrogens with zero attached hydrogens (tertiary/aromatic N) is 4. The lowest BCUT2D eigenvalue weighted by molar-refractivity contribution is 0.0731. The van der Waals surface area contributed by atoms with Gasteiger partial charge in [0.05, 0.1) is 30.1 Å². The minimum absolute atomic E-state index is 0.0361. The van der Waals surface area contributed by atoms with Gasteiger partial charge >= 0.3 is 0 Å². The van der Waals surface area contributed by atoms with Crippen LogP contribution in [0, 0.1) is 0 Å². The number of aromatic nitrogens is 3. The summed E-state index contributed by atoms with van der Waals surface area (Å²) in [4.78, 5) is 19.0. The van der Waals surface area contributed by atoms with Crippen LogP contribution >= 0.6 is 11.6 Å². The highest BCUT2D eigenvalue weighted by atomic mass is 35.5. The number of carbonyl (C=O) groups excluding carboxylic acids is 1. The molecule has 0 fully saturated rings. The summed E-state index contributed by atoms with van der Waals surface area (Å²) >= 11 is 6.17. The van der Waals surface area contributed by atoms with Crippen LogP contribution in [0.25, 0.3) is 11.3 Å². The van der Waals surface area contributed by atoms with E-state index < -0.39 is 0 Å². The van der Waals surface area contributed by atoms with Crippen molar-refractivity contribution in [3.63, 3.8) is 0 Å². The van der Waals surface area contributed by atoms with Crippen LogP contribution in [0.2, 0.25) is 5.02 Å². The average molecular weight is 397 g/mol. The number of ether oxygens (including phenoxy) is 1. The van der Waals surface area contributed by atoms with Crippen LogP contribution in [0.3, 0.4) is 0 Å². The Kier molecular flexibility index (Phi) is 5.15. The summed E-state index contributed by atoms with van der Waals surface area (Å²) in [7, 11) is 3.55. The maximum atomic E-state index is 13.0. The fourth-order valence-corrected chi connectivity index (χ4v) is 3.91. The number of halogens is 1. The molecule has 0 atom stereocenters. The number of amides is 1. The predicted octanol–water partition coefficient (Wildman–Crippen LogP) is 3.48. The van der Waals surface area contributed by atoms with Crippen LogP contribution in [-0.2, 0) is 31.4 Å². The predicted molar refractivity (Wildman–Crippen MR) is 107 cm³/mol. The van der Waals surface area contributed by atoms with Crippen molar-refractivity contribution in [2.75, 3.05) is 13.7 Å². The van der Waals surface area contributed by atoms with Gasteiger partial charge in [0.2, 0.25) is 0 Å². The lowest BCUT2D eigenvalue weighted by atomic mass is 9.99. The number of rotatable bonds is 4. The minimum Gasteiger partial charge on any atom is -0.380 e. The van der Waals surface area contributed by atoms with E-state index in [1.807, 2.05) is 47.0 Å². The van der Waals surface area contributed by atoms with Crippen LogP contribution in [0.5, 0.6) is 0 Å². The Hall–Kier alpha value is -2.70. The van der Waals surface area contributed by atoms with E-state index in [0.29, 0.717) is 30.3 Å². The first kappa shape index (κ1) is 18.7. The highest BCUT2D eigenvalue weighted by molar-refractivity contribution is 6.30. The zero-order valence-electron chi connectivity index (χ0n) is 15.9. The first-order chi connectivity index (χ1) is 13.6. The molecule has 3 aromatic rings. The molecule has 0 radical (unpaired) electrons. The van der Waals surface area contributed by atoms with Crippen LogP contribution in [0.1, 0.15) is 27.2 Å². The smallest absolute Gasteiger partial charge is 0.255 e. The van der Waals surface area contributed by atoms with Crippen molar-refractivity contribution in [3.05, 3.63) is 70.1 Å². The third-order valence-corrected chi connectivity index (χ3v) is 5.17. The Bertz CT molecular complexity index is 1030. The molecule has 1 aliphatic heterocycles. The highest BCUT2D eigenvalue weighted by Gasteiger charge is 2.27. The van der Waals surface area contributed by atoms with Gasteiger partial charge in [0, 0.05) is 49.2 Å². The van der Waals surface area contributed by atoms with Crippen LogP contribution in [0.15, 0.2) is 42.7 Å². The van der Waals surface area contributed by atoms with Gasteiger partial charge in [-0.3, -0.25) is 14.5 Å². The number of methoxy groups -OCH3 is 1. The number of hydrogen-bond acceptors (Lipinski definition) is 4. The average Bonchev–Trinajstić information content (AvgIpc) is 3.02. The number of benzene rings is 1. The Morgan fingerprint density at radius 2 is 2.14 bits per heavy atom. The molecule has 0 N–H and O–H groups in total. The van der Waals surface area contributed by atoms with Gasteiger partial charge in [-0.1, -0.05) is 23.7 Å².